The average Bonchev–Trinajstić information content (AvgIpc) is 3.55. The van der Waals surface area contributed by atoms with Crippen molar-refractivity contribution in [2.24, 2.45) is 0 Å². The van der Waals surface area contributed by atoms with Crippen LogP contribution in [0.1, 0.15) is 0 Å². The lowest BCUT2D eigenvalue weighted by molar-refractivity contribution is 1.08. The van der Waals surface area contributed by atoms with E-state index in [0.717, 1.165) is 67.6 Å². The minimum atomic E-state index is 0.815. The van der Waals surface area contributed by atoms with Crippen LogP contribution in [0.4, 0.5) is 17.1 Å². The summed E-state index contributed by atoms with van der Waals surface area (Å²) in [6.45, 7) is 0. The second-order valence-corrected chi connectivity index (χ2v) is 13.0. The highest BCUT2D eigenvalue weighted by molar-refractivity contribution is 6.02. The van der Waals surface area contributed by atoms with Gasteiger partial charge in [-0.1, -0.05) is 140 Å². The number of benzene rings is 7. The standard InChI is InChI=1S/C48H32N4/c1-3-15-33(16-4-1)37-23-13-24-38(34-17-5-2-6-18-34)46(37)52-47(50-43-25-14-32-49-48(43)52)35-28-30-36(31-29-35)51-44-26-11-9-21-41(44)39-19-7-8-20-40(39)42-22-10-12-27-45(42)51/h1-32H. The van der Waals surface area contributed by atoms with Crippen molar-refractivity contribution in [3.63, 3.8) is 0 Å². The summed E-state index contributed by atoms with van der Waals surface area (Å²) in [4.78, 5) is 12.6. The van der Waals surface area contributed by atoms with Crippen molar-refractivity contribution in [2.75, 3.05) is 4.90 Å². The highest BCUT2D eigenvalue weighted by Gasteiger charge is 2.26. The quantitative estimate of drug-likeness (QED) is 0.184. The van der Waals surface area contributed by atoms with Gasteiger partial charge >= 0.3 is 0 Å². The fraction of sp³-hybridized carbons (Fsp3) is 0. The van der Waals surface area contributed by atoms with Crippen LogP contribution in [-0.2, 0) is 0 Å². The minimum Gasteiger partial charge on any atom is -0.309 e. The van der Waals surface area contributed by atoms with E-state index in [2.05, 4.69) is 185 Å². The summed E-state index contributed by atoms with van der Waals surface area (Å²) in [7, 11) is 0. The Morgan fingerprint density at radius 3 is 1.44 bits per heavy atom. The highest BCUT2D eigenvalue weighted by atomic mass is 15.2. The Labute approximate surface area is 302 Å². The number of imidazole rings is 1. The Hall–Kier alpha value is -7.04. The Kier molecular flexibility index (Phi) is 7.10. The number of hydrogen-bond donors (Lipinski definition) is 0. The van der Waals surface area contributed by atoms with Crippen LogP contribution in [0.5, 0.6) is 0 Å². The molecule has 0 aliphatic carbocycles. The summed E-state index contributed by atoms with van der Waals surface area (Å²) in [5, 5.41) is 0. The number of nitrogens with zero attached hydrogens (tertiary/aromatic N) is 4. The van der Waals surface area contributed by atoms with Gasteiger partial charge in [0.1, 0.15) is 11.3 Å². The fourth-order valence-electron chi connectivity index (χ4n) is 7.72. The van der Waals surface area contributed by atoms with Crippen LogP contribution in [0.3, 0.4) is 0 Å². The molecule has 1 aliphatic heterocycles. The van der Waals surface area contributed by atoms with Crippen molar-refractivity contribution in [3.05, 3.63) is 194 Å². The topological polar surface area (TPSA) is 34.0 Å². The third kappa shape index (κ3) is 4.84. The molecule has 2 aromatic heterocycles. The molecule has 0 radical (unpaired) electrons. The van der Waals surface area contributed by atoms with Gasteiger partial charge in [-0.3, -0.25) is 4.57 Å². The molecule has 0 amide bonds. The van der Waals surface area contributed by atoms with Crippen LogP contribution in [0.25, 0.3) is 72.7 Å². The third-order valence-corrected chi connectivity index (χ3v) is 10.0. The lowest BCUT2D eigenvalue weighted by Gasteiger charge is -2.27. The number of anilines is 3. The predicted molar refractivity (Wildman–Crippen MR) is 214 cm³/mol. The van der Waals surface area contributed by atoms with Crippen LogP contribution in [0.15, 0.2) is 194 Å². The van der Waals surface area contributed by atoms with Crippen molar-refractivity contribution in [1.29, 1.82) is 0 Å². The Morgan fingerprint density at radius 2 is 0.865 bits per heavy atom. The molecule has 10 rings (SSSR count). The maximum atomic E-state index is 5.27. The smallest absolute Gasteiger partial charge is 0.164 e. The van der Waals surface area contributed by atoms with Gasteiger partial charge in [-0.25, -0.2) is 9.97 Å². The second kappa shape index (κ2) is 12.4. The van der Waals surface area contributed by atoms with Crippen LogP contribution in [0, 0.1) is 0 Å². The van der Waals surface area contributed by atoms with Crippen LogP contribution >= 0.6 is 0 Å². The minimum absolute atomic E-state index is 0.815. The van der Waals surface area contributed by atoms with Gasteiger partial charge in [0.2, 0.25) is 0 Å². The molecule has 7 aromatic carbocycles. The number of aromatic nitrogens is 3. The van der Waals surface area contributed by atoms with Gasteiger partial charge in [-0.15, -0.1) is 0 Å². The first-order chi connectivity index (χ1) is 25.8. The van der Waals surface area contributed by atoms with E-state index < -0.39 is 0 Å². The molecule has 0 fully saturated rings. The first kappa shape index (κ1) is 29.8. The Morgan fingerprint density at radius 1 is 0.365 bits per heavy atom. The van der Waals surface area contributed by atoms with Gasteiger partial charge < -0.3 is 4.90 Å². The van der Waals surface area contributed by atoms with Crippen LogP contribution < -0.4 is 4.90 Å². The molecule has 0 saturated heterocycles. The number of rotatable bonds is 5. The summed E-state index contributed by atoms with van der Waals surface area (Å²) >= 11 is 0. The maximum absolute atomic E-state index is 5.27. The molecule has 4 nitrogen and oxygen atoms in total. The molecule has 3 heterocycles. The zero-order valence-electron chi connectivity index (χ0n) is 28.3. The molecule has 0 saturated carbocycles. The molecule has 4 heteroatoms. The van der Waals surface area contributed by atoms with E-state index in [9.17, 15) is 0 Å². The monoisotopic (exact) mass is 664 g/mol. The largest absolute Gasteiger partial charge is 0.309 e. The summed E-state index contributed by atoms with van der Waals surface area (Å²) in [5.74, 6) is 0.838. The summed E-state index contributed by atoms with van der Waals surface area (Å²) in [6, 6.07) is 66.7. The van der Waals surface area contributed by atoms with E-state index in [1.807, 2.05) is 18.3 Å². The van der Waals surface area contributed by atoms with E-state index in [-0.39, 0.29) is 0 Å². The molecule has 0 unspecified atom stereocenters. The van der Waals surface area contributed by atoms with E-state index in [1.165, 1.54) is 22.3 Å². The molecular weight excluding hydrogens is 633 g/mol. The average molecular weight is 665 g/mol. The van der Waals surface area contributed by atoms with Crippen LogP contribution in [0.2, 0.25) is 0 Å². The third-order valence-electron chi connectivity index (χ3n) is 10.0. The normalized spacial score (nSPS) is 11.8. The van der Waals surface area contributed by atoms with Crippen LogP contribution in [-0.4, -0.2) is 14.5 Å². The van der Waals surface area contributed by atoms with Crippen molar-refractivity contribution in [2.45, 2.75) is 0 Å². The predicted octanol–water partition coefficient (Wildman–Crippen LogP) is 12.5. The van der Waals surface area contributed by atoms with Crippen molar-refractivity contribution in [3.8, 4) is 61.6 Å². The molecule has 0 spiro atoms. The molecule has 1 aliphatic rings. The first-order valence-electron chi connectivity index (χ1n) is 17.6. The Balaban J connectivity index is 1.18. The zero-order valence-corrected chi connectivity index (χ0v) is 28.3. The highest BCUT2D eigenvalue weighted by Crippen LogP contribution is 2.50. The summed E-state index contributed by atoms with van der Waals surface area (Å²) in [5.41, 5.74) is 16.5. The zero-order chi connectivity index (χ0) is 34.4. The first-order valence-corrected chi connectivity index (χ1v) is 17.6. The number of para-hydroxylation sites is 3. The lowest BCUT2D eigenvalue weighted by Crippen LogP contribution is -2.10. The maximum Gasteiger partial charge on any atom is 0.164 e. The molecule has 9 aromatic rings. The van der Waals surface area contributed by atoms with Crippen molar-refractivity contribution >= 4 is 28.2 Å². The van der Waals surface area contributed by atoms with E-state index in [1.54, 1.807) is 0 Å². The van der Waals surface area contributed by atoms with Gasteiger partial charge in [0.15, 0.2) is 5.65 Å². The van der Waals surface area contributed by atoms with Gasteiger partial charge in [-0.05, 0) is 70.8 Å². The molecule has 0 bridgehead atoms. The summed E-state index contributed by atoms with van der Waals surface area (Å²) < 4.78 is 2.25. The molecular formula is C48H32N4. The second-order valence-electron chi connectivity index (χ2n) is 13.0. The molecule has 244 valence electrons. The van der Waals surface area contributed by atoms with Gasteiger partial charge in [0, 0.05) is 39.7 Å². The van der Waals surface area contributed by atoms with E-state index in [4.69, 9.17) is 9.97 Å². The molecule has 52 heavy (non-hydrogen) atoms. The number of hydrogen-bond acceptors (Lipinski definition) is 3. The van der Waals surface area contributed by atoms with Gasteiger partial charge in [0.05, 0.1) is 17.1 Å². The van der Waals surface area contributed by atoms with Gasteiger partial charge in [-0.2, -0.15) is 0 Å². The van der Waals surface area contributed by atoms with E-state index >= 15 is 0 Å². The molecule has 0 N–H and O–H groups in total. The lowest BCUT2D eigenvalue weighted by atomic mass is 9.95. The molecule has 0 atom stereocenters. The van der Waals surface area contributed by atoms with E-state index in [0.29, 0.717) is 0 Å². The fourth-order valence-corrected chi connectivity index (χ4v) is 7.72. The summed E-state index contributed by atoms with van der Waals surface area (Å²) in [6.07, 6.45) is 1.85. The van der Waals surface area contributed by atoms with Crippen molar-refractivity contribution < 1.29 is 0 Å². The number of fused-ring (bicyclic) bond motifs is 6. The van der Waals surface area contributed by atoms with Gasteiger partial charge in [0.25, 0.3) is 0 Å². The Bertz CT molecular complexity index is 2610. The SMILES string of the molecule is c1ccc(-c2cccc(-c3ccccc3)c2-n2c(-c3ccc(N4c5ccccc5-c5ccccc5-c5ccccc54)cc3)nc3cccnc32)cc1. The number of pyridine rings is 1. The van der Waals surface area contributed by atoms with Crippen molar-refractivity contribution in [1.82, 2.24) is 14.5 Å².